The summed E-state index contributed by atoms with van der Waals surface area (Å²) < 4.78 is 0. The fourth-order valence-electron chi connectivity index (χ4n) is 1.35. The Labute approximate surface area is 82.3 Å². The van der Waals surface area contributed by atoms with Crippen molar-refractivity contribution in [2.24, 2.45) is 0 Å². The van der Waals surface area contributed by atoms with Crippen LogP contribution in [0.2, 0.25) is 0 Å². The van der Waals surface area contributed by atoms with Gasteiger partial charge in [0.05, 0.1) is 6.54 Å². The number of amides is 1. The summed E-state index contributed by atoms with van der Waals surface area (Å²) in [7, 11) is 1.74. The van der Waals surface area contributed by atoms with E-state index in [4.69, 9.17) is 0 Å². The van der Waals surface area contributed by atoms with E-state index < -0.39 is 0 Å². The number of H-pyrrole nitrogens is 1. The molecule has 1 heterocycles. The quantitative estimate of drug-likeness (QED) is 0.651. The second-order valence-electron chi connectivity index (χ2n) is 3.56. The Balaban J connectivity index is 1.92. The van der Waals surface area contributed by atoms with Gasteiger partial charge >= 0.3 is 0 Å². The first-order valence-corrected chi connectivity index (χ1v) is 4.79. The smallest absolute Gasteiger partial charge is 0.239 e. The Morgan fingerprint density at radius 3 is 3.14 bits per heavy atom. The van der Waals surface area contributed by atoms with Crippen molar-refractivity contribution in [3.8, 4) is 0 Å². The molecule has 0 bridgehead atoms. The molecule has 5 nitrogen and oxygen atoms in total. The molecule has 1 saturated carbocycles. The van der Waals surface area contributed by atoms with E-state index in [0.29, 0.717) is 18.3 Å². The lowest BCUT2D eigenvalue weighted by molar-refractivity contribution is -0.115. The van der Waals surface area contributed by atoms with Crippen molar-refractivity contribution in [1.82, 2.24) is 15.5 Å². The highest BCUT2D eigenvalue weighted by atomic mass is 16.1. The Bertz CT molecular complexity index is 329. The largest absolute Gasteiger partial charge is 0.311 e. The average Bonchev–Trinajstić information content (AvgIpc) is 2.89. The van der Waals surface area contributed by atoms with Gasteiger partial charge in [-0.25, -0.2) is 0 Å². The van der Waals surface area contributed by atoms with Gasteiger partial charge in [-0.3, -0.25) is 9.89 Å². The van der Waals surface area contributed by atoms with Gasteiger partial charge in [-0.2, -0.15) is 5.10 Å². The Morgan fingerprint density at radius 1 is 1.71 bits per heavy atom. The average molecular weight is 194 g/mol. The highest BCUT2D eigenvalue weighted by Crippen LogP contribution is 2.39. The molecule has 0 atom stereocenters. The first-order chi connectivity index (χ1) is 6.79. The van der Waals surface area contributed by atoms with Gasteiger partial charge in [-0.15, -0.1) is 0 Å². The van der Waals surface area contributed by atoms with Gasteiger partial charge in [0.25, 0.3) is 0 Å². The molecule has 0 saturated heterocycles. The van der Waals surface area contributed by atoms with E-state index in [-0.39, 0.29) is 5.91 Å². The summed E-state index contributed by atoms with van der Waals surface area (Å²) in [5.41, 5.74) is 1.13. The van der Waals surface area contributed by atoms with Crippen LogP contribution in [0.3, 0.4) is 0 Å². The lowest BCUT2D eigenvalue weighted by atomic mass is 10.3. The number of aromatic amines is 1. The minimum atomic E-state index is -0.0682. The number of aromatic nitrogens is 2. The molecule has 1 aromatic heterocycles. The highest BCUT2D eigenvalue weighted by Gasteiger charge is 2.25. The van der Waals surface area contributed by atoms with E-state index in [1.54, 1.807) is 7.05 Å². The van der Waals surface area contributed by atoms with Crippen LogP contribution in [-0.2, 0) is 4.79 Å². The van der Waals surface area contributed by atoms with Crippen LogP contribution in [0.5, 0.6) is 0 Å². The van der Waals surface area contributed by atoms with E-state index in [2.05, 4.69) is 20.8 Å². The Morgan fingerprint density at radius 2 is 2.50 bits per heavy atom. The van der Waals surface area contributed by atoms with Gasteiger partial charge in [0.2, 0.25) is 5.91 Å². The predicted octanol–water partition coefficient (Wildman–Crippen LogP) is 0.445. The first kappa shape index (κ1) is 9.21. The number of hydrogen-bond donors (Lipinski definition) is 3. The van der Waals surface area contributed by atoms with Crippen molar-refractivity contribution in [3.63, 3.8) is 0 Å². The van der Waals surface area contributed by atoms with E-state index in [9.17, 15) is 4.79 Å². The van der Waals surface area contributed by atoms with Crippen LogP contribution in [0.1, 0.15) is 24.5 Å². The molecule has 14 heavy (non-hydrogen) atoms. The molecule has 76 valence electrons. The molecule has 1 aromatic rings. The fraction of sp³-hybridized carbons (Fsp3) is 0.556. The molecule has 1 fully saturated rings. The monoisotopic (exact) mass is 194 g/mol. The second kappa shape index (κ2) is 3.79. The van der Waals surface area contributed by atoms with Gasteiger partial charge in [0.1, 0.15) is 0 Å². The maximum atomic E-state index is 11.2. The Kier molecular flexibility index (Phi) is 2.49. The first-order valence-electron chi connectivity index (χ1n) is 4.79. The molecule has 0 aliphatic heterocycles. The molecule has 1 aliphatic carbocycles. The number of carbonyl (C=O) groups is 1. The van der Waals surface area contributed by atoms with Crippen LogP contribution in [-0.4, -0.2) is 29.7 Å². The van der Waals surface area contributed by atoms with Crippen molar-refractivity contribution < 1.29 is 4.79 Å². The van der Waals surface area contributed by atoms with Crippen LogP contribution < -0.4 is 10.6 Å². The number of nitrogens with zero attached hydrogens (tertiary/aromatic N) is 1. The fourth-order valence-corrected chi connectivity index (χ4v) is 1.35. The second-order valence-corrected chi connectivity index (χ2v) is 3.56. The van der Waals surface area contributed by atoms with Gasteiger partial charge in [0, 0.05) is 17.7 Å². The zero-order chi connectivity index (χ0) is 9.97. The summed E-state index contributed by atoms with van der Waals surface area (Å²) in [4.78, 5) is 11.2. The SMILES string of the molecule is CNCC(=O)Nc1cc(C2CC2)[nH]n1. The number of nitrogens with one attached hydrogen (secondary N) is 3. The summed E-state index contributed by atoms with van der Waals surface area (Å²) in [6, 6.07) is 1.91. The minimum absolute atomic E-state index is 0.0682. The van der Waals surface area contributed by atoms with Crippen molar-refractivity contribution in [2.75, 3.05) is 18.9 Å². The van der Waals surface area contributed by atoms with Crippen molar-refractivity contribution in [1.29, 1.82) is 0 Å². The third-order valence-electron chi connectivity index (χ3n) is 2.22. The van der Waals surface area contributed by atoms with Crippen LogP contribution in [0.25, 0.3) is 0 Å². The Hall–Kier alpha value is -1.36. The van der Waals surface area contributed by atoms with Gasteiger partial charge < -0.3 is 10.6 Å². The topological polar surface area (TPSA) is 69.8 Å². The zero-order valence-corrected chi connectivity index (χ0v) is 8.13. The van der Waals surface area contributed by atoms with Crippen molar-refractivity contribution in [3.05, 3.63) is 11.8 Å². The third-order valence-corrected chi connectivity index (χ3v) is 2.22. The molecule has 5 heteroatoms. The summed E-state index contributed by atoms with van der Waals surface area (Å²) in [6.07, 6.45) is 2.46. The molecule has 2 rings (SSSR count). The predicted molar refractivity (Wildman–Crippen MR) is 53.1 cm³/mol. The van der Waals surface area contributed by atoms with Gasteiger partial charge in [-0.05, 0) is 19.9 Å². The maximum Gasteiger partial charge on any atom is 0.239 e. The number of anilines is 1. The van der Waals surface area contributed by atoms with E-state index in [1.807, 2.05) is 6.07 Å². The molecule has 0 radical (unpaired) electrons. The summed E-state index contributed by atoms with van der Waals surface area (Å²) in [6.45, 7) is 0.311. The molecule has 0 aromatic carbocycles. The van der Waals surface area contributed by atoms with Crippen LogP contribution in [0.4, 0.5) is 5.82 Å². The maximum absolute atomic E-state index is 11.2. The van der Waals surface area contributed by atoms with E-state index in [0.717, 1.165) is 5.69 Å². The van der Waals surface area contributed by atoms with Crippen LogP contribution in [0.15, 0.2) is 6.07 Å². The minimum Gasteiger partial charge on any atom is -0.311 e. The van der Waals surface area contributed by atoms with Crippen LogP contribution in [0, 0.1) is 0 Å². The summed E-state index contributed by atoms with van der Waals surface area (Å²) in [5.74, 6) is 1.19. The number of likely N-dealkylation sites (N-methyl/N-ethyl adjacent to an activating group) is 1. The van der Waals surface area contributed by atoms with E-state index >= 15 is 0 Å². The number of hydrogen-bond acceptors (Lipinski definition) is 3. The van der Waals surface area contributed by atoms with Gasteiger partial charge in [-0.1, -0.05) is 0 Å². The molecule has 0 unspecified atom stereocenters. The number of carbonyl (C=O) groups excluding carboxylic acids is 1. The molecular weight excluding hydrogens is 180 g/mol. The van der Waals surface area contributed by atoms with E-state index in [1.165, 1.54) is 12.8 Å². The lowest BCUT2D eigenvalue weighted by Crippen LogP contribution is -2.25. The molecule has 1 amide bonds. The van der Waals surface area contributed by atoms with Crippen molar-refractivity contribution in [2.45, 2.75) is 18.8 Å². The lowest BCUT2D eigenvalue weighted by Gasteiger charge is -1.98. The van der Waals surface area contributed by atoms with Crippen LogP contribution >= 0.6 is 0 Å². The zero-order valence-electron chi connectivity index (χ0n) is 8.13. The third kappa shape index (κ3) is 2.11. The highest BCUT2D eigenvalue weighted by molar-refractivity contribution is 5.91. The number of rotatable bonds is 4. The molecule has 0 spiro atoms. The molecule has 1 aliphatic rings. The van der Waals surface area contributed by atoms with Gasteiger partial charge in [0.15, 0.2) is 5.82 Å². The normalized spacial score (nSPS) is 15.5. The molecule has 3 N–H and O–H groups in total. The standard InChI is InChI=1S/C9H14N4O/c1-10-5-9(14)11-8-4-7(12-13-8)6-2-3-6/h4,6,10H,2-3,5H2,1H3,(H2,11,12,13,14). The molecular formula is C9H14N4O. The summed E-state index contributed by atoms with van der Waals surface area (Å²) >= 11 is 0. The summed E-state index contributed by atoms with van der Waals surface area (Å²) in [5, 5.41) is 12.4. The van der Waals surface area contributed by atoms with Crippen molar-refractivity contribution >= 4 is 11.7 Å².